The molecule has 1 fully saturated rings. The third-order valence-corrected chi connectivity index (χ3v) is 6.59. The van der Waals surface area contributed by atoms with Crippen molar-refractivity contribution in [3.05, 3.63) is 53.5 Å². The second kappa shape index (κ2) is 10.0. The van der Waals surface area contributed by atoms with Gasteiger partial charge in [0, 0.05) is 18.0 Å². The molecule has 1 heterocycles. The Morgan fingerprint density at radius 1 is 1.17 bits per heavy atom. The molecule has 2 aromatic rings. The van der Waals surface area contributed by atoms with Crippen molar-refractivity contribution in [3.8, 4) is 0 Å². The summed E-state index contributed by atoms with van der Waals surface area (Å²) in [6, 6.07) is 11.3. The number of thioether (sulfide) groups is 1. The molecule has 1 aromatic carbocycles. The fourth-order valence-electron chi connectivity index (χ4n) is 3.73. The summed E-state index contributed by atoms with van der Waals surface area (Å²) in [6.45, 7) is 3.78. The van der Waals surface area contributed by atoms with E-state index in [0.717, 1.165) is 29.3 Å². The zero-order valence-electron chi connectivity index (χ0n) is 17.4. The molecule has 1 N–H and O–H groups in total. The monoisotopic (exact) mass is 414 g/mol. The van der Waals surface area contributed by atoms with E-state index < -0.39 is 0 Å². The molecule has 1 saturated carbocycles. The molecule has 0 saturated heterocycles. The molecule has 6 heteroatoms. The number of nitrogens with one attached hydrogen (secondary N) is 1. The van der Waals surface area contributed by atoms with Crippen LogP contribution in [0.4, 0.5) is 0 Å². The smallest absolute Gasteiger partial charge is 0.252 e. The summed E-state index contributed by atoms with van der Waals surface area (Å²) in [5.74, 6) is 1.84. The molecule has 0 aliphatic heterocycles. The highest BCUT2D eigenvalue weighted by Gasteiger charge is 2.23. The van der Waals surface area contributed by atoms with Crippen molar-refractivity contribution in [2.24, 2.45) is 0 Å². The predicted molar refractivity (Wildman–Crippen MR) is 116 cm³/mol. The first kappa shape index (κ1) is 21.5. The molecule has 156 valence electrons. The highest BCUT2D eigenvalue weighted by Crippen LogP contribution is 2.26. The maximum Gasteiger partial charge on any atom is 0.252 e. The van der Waals surface area contributed by atoms with Gasteiger partial charge in [-0.05, 0) is 51.0 Å². The summed E-state index contributed by atoms with van der Waals surface area (Å²) >= 11 is 1.43. The van der Waals surface area contributed by atoms with Gasteiger partial charge in [-0.25, -0.2) is 0 Å². The van der Waals surface area contributed by atoms with Gasteiger partial charge in [0.15, 0.2) is 0 Å². The molecule has 1 aromatic heterocycles. The number of benzene rings is 1. The van der Waals surface area contributed by atoms with Crippen LogP contribution in [0.5, 0.6) is 0 Å². The molecule has 0 bridgehead atoms. The number of amides is 2. The minimum atomic E-state index is -0.228. The summed E-state index contributed by atoms with van der Waals surface area (Å²) < 4.78 is 5.61. The lowest BCUT2D eigenvalue weighted by molar-refractivity contribution is -0.129. The van der Waals surface area contributed by atoms with E-state index in [4.69, 9.17) is 4.42 Å². The first-order valence-electron chi connectivity index (χ1n) is 10.3. The van der Waals surface area contributed by atoms with Crippen LogP contribution >= 0.6 is 11.8 Å². The minimum absolute atomic E-state index is 0.122. The van der Waals surface area contributed by atoms with E-state index in [1.54, 1.807) is 6.07 Å². The number of furan rings is 1. The number of aryl methyl sites for hydroxylation is 1. The Morgan fingerprint density at radius 3 is 2.59 bits per heavy atom. The maximum absolute atomic E-state index is 12.8. The zero-order chi connectivity index (χ0) is 20.8. The van der Waals surface area contributed by atoms with Gasteiger partial charge in [0.25, 0.3) is 5.91 Å². The molecule has 3 rings (SSSR count). The Labute approximate surface area is 177 Å². The third kappa shape index (κ3) is 5.66. The van der Waals surface area contributed by atoms with Crippen LogP contribution in [0.25, 0.3) is 0 Å². The van der Waals surface area contributed by atoms with Gasteiger partial charge in [-0.2, -0.15) is 0 Å². The fourth-order valence-corrected chi connectivity index (χ4v) is 4.70. The van der Waals surface area contributed by atoms with Crippen LogP contribution in [-0.4, -0.2) is 35.6 Å². The number of carbonyl (C=O) groups is 2. The van der Waals surface area contributed by atoms with Crippen molar-refractivity contribution in [1.29, 1.82) is 0 Å². The summed E-state index contributed by atoms with van der Waals surface area (Å²) in [6.07, 6.45) is 5.86. The van der Waals surface area contributed by atoms with E-state index in [-0.39, 0.29) is 17.9 Å². The van der Waals surface area contributed by atoms with E-state index in [2.05, 4.69) is 5.32 Å². The molecule has 1 unspecified atom stereocenters. The third-order valence-electron chi connectivity index (χ3n) is 5.53. The lowest BCUT2D eigenvalue weighted by Gasteiger charge is -2.31. The van der Waals surface area contributed by atoms with E-state index in [1.165, 1.54) is 31.0 Å². The van der Waals surface area contributed by atoms with E-state index in [1.807, 2.05) is 56.1 Å². The molecule has 1 atom stereocenters. The van der Waals surface area contributed by atoms with E-state index in [9.17, 15) is 9.59 Å². The van der Waals surface area contributed by atoms with Crippen molar-refractivity contribution >= 4 is 23.6 Å². The van der Waals surface area contributed by atoms with Crippen molar-refractivity contribution in [3.63, 3.8) is 0 Å². The number of carbonyl (C=O) groups excluding carboxylic acids is 2. The lowest BCUT2D eigenvalue weighted by Crippen LogP contribution is -2.39. The molecule has 0 radical (unpaired) electrons. The molecular formula is C23H30N2O3S. The van der Waals surface area contributed by atoms with Gasteiger partial charge in [0.05, 0.1) is 17.4 Å². The Bertz CT molecular complexity index is 842. The van der Waals surface area contributed by atoms with Crippen molar-refractivity contribution in [2.75, 3.05) is 12.8 Å². The van der Waals surface area contributed by atoms with Gasteiger partial charge in [-0.15, -0.1) is 11.8 Å². The summed E-state index contributed by atoms with van der Waals surface area (Å²) in [5.41, 5.74) is 0.584. The SMILES string of the molecule is Cc1ccc(C(C)NC(=O)c2ccccc2SCC(=O)N(C)C2CCCCC2)o1. The summed E-state index contributed by atoms with van der Waals surface area (Å²) in [7, 11) is 1.91. The standard InChI is InChI=1S/C23H30N2O3S/c1-16-13-14-20(28-16)17(2)24-23(27)19-11-7-8-12-21(19)29-15-22(26)25(3)18-9-5-4-6-10-18/h7-8,11-14,17-18H,4-6,9-10,15H2,1-3H3,(H,24,27). The first-order chi connectivity index (χ1) is 14.0. The van der Waals surface area contributed by atoms with Crippen LogP contribution in [-0.2, 0) is 4.79 Å². The van der Waals surface area contributed by atoms with Crippen LogP contribution in [0, 0.1) is 6.92 Å². The maximum atomic E-state index is 12.8. The summed E-state index contributed by atoms with van der Waals surface area (Å²) in [5, 5.41) is 2.99. The Morgan fingerprint density at radius 2 is 1.90 bits per heavy atom. The van der Waals surface area contributed by atoms with Gasteiger partial charge in [0.2, 0.25) is 5.91 Å². The zero-order valence-corrected chi connectivity index (χ0v) is 18.3. The lowest BCUT2D eigenvalue weighted by atomic mass is 9.94. The van der Waals surface area contributed by atoms with Crippen LogP contribution < -0.4 is 5.32 Å². The van der Waals surface area contributed by atoms with Crippen LogP contribution in [0.1, 0.15) is 66.9 Å². The van der Waals surface area contributed by atoms with Crippen LogP contribution in [0.2, 0.25) is 0 Å². The van der Waals surface area contributed by atoms with Crippen molar-refractivity contribution in [1.82, 2.24) is 10.2 Å². The Kier molecular flexibility index (Phi) is 7.42. The topological polar surface area (TPSA) is 62.6 Å². The van der Waals surface area contributed by atoms with E-state index in [0.29, 0.717) is 17.4 Å². The van der Waals surface area contributed by atoms with Gasteiger partial charge in [-0.1, -0.05) is 31.4 Å². The normalized spacial score (nSPS) is 15.7. The molecule has 5 nitrogen and oxygen atoms in total. The van der Waals surface area contributed by atoms with Gasteiger partial charge in [-0.3, -0.25) is 9.59 Å². The Balaban J connectivity index is 1.60. The number of rotatable bonds is 7. The van der Waals surface area contributed by atoms with Crippen molar-refractivity contribution in [2.45, 2.75) is 62.9 Å². The van der Waals surface area contributed by atoms with Gasteiger partial charge >= 0.3 is 0 Å². The largest absolute Gasteiger partial charge is 0.464 e. The highest BCUT2D eigenvalue weighted by molar-refractivity contribution is 8.00. The summed E-state index contributed by atoms with van der Waals surface area (Å²) in [4.78, 5) is 28.2. The molecule has 1 aliphatic rings. The molecular weight excluding hydrogens is 384 g/mol. The molecule has 0 spiro atoms. The number of nitrogens with zero attached hydrogens (tertiary/aromatic N) is 1. The second-order valence-electron chi connectivity index (χ2n) is 7.72. The second-order valence-corrected chi connectivity index (χ2v) is 8.74. The van der Waals surface area contributed by atoms with Crippen LogP contribution in [0.3, 0.4) is 0 Å². The average Bonchev–Trinajstić information content (AvgIpc) is 3.18. The minimum Gasteiger partial charge on any atom is -0.464 e. The molecule has 1 aliphatic carbocycles. The number of hydrogen-bond acceptors (Lipinski definition) is 4. The van der Waals surface area contributed by atoms with Gasteiger partial charge in [0.1, 0.15) is 11.5 Å². The highest BCUT2D eigenvalue weighted by atomic mass is 32.2. The average molecular weight is 415 g/mol. The van der Waals surface area contributed by atoms with E-state index >= 15 is 0 Å². The number of hydrogen-bond donors (Lipinski definition) is 1. The predicted octanol–water partition coefficient (Wildman–Crippen LogP) is 4.96. The van der Waals surface area contributed by atoms with Gasteiger partial charge < -0.3 is 14.6 Å². The molecule has 29 heavy (non-hydrogen) atoms. The molecule has 2 amide bonds. The quantitative estimate of drug-likeness (QED) is 0.650. The Hall–Kier alpha value is -2.21. The first-order valence-corrected chi connectivity index (χ1v) is 11.3. The fraction of sp³-hybridized carbons (Fsp3) is 0.478. The van der Waals surface area contributed by atoms with Crippen LogP contribution in [0.15, 0.2) is 45.7 Å². The van der Waals surface area contributed by atoms with Crippen molar-refractivity contribution < 1.29 is 14.0 Å².